The molecule has 0 saturated carbocycles. The number of esters is 2. The molecule has 0 spiro atoms. The maximum atomic E-state index is 12.7. The van der Waals surface area contributed by atoms with Gasteiger partial charge < -0.3 is 66.3 Å². The molecule has 0 aliphatic rings. The van der Waals surface area contributed by atoms with Crippen molar-refractivity contribution in [1.82, 2.24) is 0 Å². The molecule has 0 bridgehead atoms. The third-order valence-corrected chi connectivity index (χ3v) is 18.4. The molecule has 14 aromatic rings. The Kier molecular flexibility index (Phi) is 24.1. The Morgan fingerprint density at radius 1 is 0.185 bits per heavy atom. The Morgan fingerprint density at radius 2 is 0.306 bits per heavy atom. The summed E-state index contributed by atoms with van der Waals surface area (Å²) in [6.07, 6.45) is 3.45. The van der Waals surface area contributed by atoms with Crippen LogP contribution in [0.3, 0.4) is 0 Å². The number of carbonyl (C=O) groups is 2. The molecular weight excluding hydrogens is 1360 g/mol. The quantitative estimate of drug-likeness (QED) is 0.0265. The van der Waals surface area contributed by atoms with Crippen LogP contribution in [-0.2, 0) is 9.47 Å². The van der Waals surface area contributed by atoms with Crippen molar-refractivity contribution in [2.24, 2.45) is 0 Å². The highest BCUT2D eigenvalue weighted by Gasteiger charge is 2.20. The van der Waals surface area contributed by atoms with Crippen molar-refractivity contribution in [2.75, 3.05) is 93.5 Å². The molecule has 16 heteroatoms. The Balaban J connectivity index is 0.541. The van der Waals surface area contributed by atoms with E-state index in [0.717, 1.165) is 75.4 Å². The molecule has 0 unspecified atom stereocenters. The van der Waals surface area contributed by atoms with E-state index in [1.54, 1.807) is 12.1 Å². The van der Waals surface area contributed by atoms with E-state index in [1.807, 2.05) is 194 Å². The van der Waals surface area contributed by atoms with Gasteiger partial charge in [0, 0.05) is 38.5 Å². The van der Waals surface area contributed by atoms with E-state index in [-0.39, 0.29) is 0 Å². The summed E-state index contributed by atoms with van der Waals surface area (Å²) in [4.78, 5) is 25.4. The molecule has 0 aromatic heterocycles. The van der Waals surface area contributed by atoms with E-state index in [2.05, 4.69) is 48.5 Å². The van der Waals surface area contributed by atoms with Gasteiger partial charge in [-0.2, -0.15) is 0 Å². The highest BCUT2D eigenvalue weighted by Crippen LogP contribution is 2.40. The van der Waals surface area contributed by atoms with Crippen LogP contribution < -0.4 is 56.8 Å². The number of fused-ring (bicyclic) bond motifs is 7. The molecule has 0 heterocycles. The lowest BCUT2D eigenvalue weighted by Gasteiger charge is -2.17. The predicted molar refractivity (Wildman–Crippen MR) is 424 cm³/mol. The smallest absolute Gasteiger partial charge is 0.341 e. The molecule has 0 saturated heterocycles. The van der Waals surface area contributed by atoms with Crippen molar-refractivity contribution in [3.05, 3.63) is 266 Å². The summed E-state index contributed by atoms with van der Waals surface area (Å²) >= 11 is 0. The lowest BCUT2D eigenvalue weighted by molar-refractivity contribution is 0.0586. The monoisotopic (exact) mass is 1440 g/mol. The van der Waals surface area contributed by atoms with Gasteiger partial charge in [-0.15, -0.1) is 0 Å². The van der Waals surface area contributed by atoms with Gasteiger partial charge in [-0.05, 0) is 160 Å². The number of ether oxygens (including phenoxy) is 14. The molecule has 14 aromatic carbocycles. The number of hydrogen-bond acceptors (Lipinski definition) is 16. The van der Waals surface area contributed by atoms with Crippen molar-refractivity contribution in [1.29, 1.82) is 0 Å². The first kappa shape index (κ1) is 72.4. The zero-order valence-corrected chi connectivity index (χ0v) is 60.5. The van der Waals surface area contributed by atoms with E-state index in [1.165, 1.54) is 14.2 Å². The summed E-state index contributed by atoms with van der Waals surface area (Å²) in [5.41, 5.74) is 0.752. The van der Waals surface area contributed by atoms with Crippen molar-refractivity contribution in [3.8, 4) is 69.0 Å². The first-order valence-corrected chi connectivity index (χ1v) is 36.7. The molecule has 0 amide bonds. The van der Waals surface area contributed by atoms with Crippen LogP contribution in [-0.4, -0.2) is 105 Å². The van der Waals surface area contributed by atoms with Crippen molar-refractivity contribution in [3.63, 3.8) is 0 Å². The molecule has 0 radical (unpaired) electrons. The van der Waals surface area contributed by atoms with Crippen LogP contribution in [0.5, 0.6) is 69.0 Å². The molecular formula is C92H84O16. The normalized spacial score (nSPS) is 11.2. The molecule has 14 rings (SSSR count). The number of benzene rings is 14. The summed E-state index contributed by atoms with van der Waals surface area (Å²) < 4.78 is 87.0. The van der Waals surface area contributed by atoms with Gasteiger partial charge in [-0.25, -0.2) is 9.59 Å². The zero-order valence-electron chi connectivity index (χ0n) is 60.5. The number of hydrogen-bond donors (Lipinski definition) is 0. The van der Waals surface area contributed by atoms with E-state index in [4.69, 9.17) is 66.3 Å². The zero-order chi connectivity index (χ0) is 73.6. The van der Waals surface area contributed by atoms with Crippen LogP contribution in [0.15, 0.2) is 255 Å². The Morgan fingerprint density at radius 3 is 0.444 bits per heavy atom. The van der Waals surface area contributed by atoms with Gasteiger partial charge in [0.2, 0.25) is 0 Å². The standard InChI is InChI=1S/C92H84O16/c1-95-91(93)77-49-63-23-3-5-25-65(63)51-79(77)97-37-17-39-99-81-53-67-27-7-9-29-69(67)55-83(81)101-41-19-43-103-85-57-71-31-11-13-33-73(71)59-87(85)105-45-21-47-107-89-61-75-35-15-16-36-76(75)62-90(89)108-48-22-46-106-88-60-74-34-14-12-32-72(74)58-86(88)104-44-20-42-102-84-56-70-30-10-8-28-68(70)54-82(84)100-40-18-38-98-80-52-66-26-6-4-24-64(66)50-78(80)92(94)96-2/h3-16,23-36,49-62H,17-22,37-48H2,1-2H3. The second-order valence-corrected chi connectivity index (χ2v) is 25.9. The van der Waals surface area contributed by atoms with Crippen LogP contribution in [0.2, 0.25) is 0 Å². The minimum atomic E-state index is -0.455. The largest absolute Gasteiger partial charge is 0.493 e. The summed E-state index contributed by atoms with van der Waals surface area (Å²) in [6, 6.07) is 83.8. The lowest BCUT2D eigenvalue weighted by atomic mass is 10.1. The fourth-order valence-electron chi connectivity index (χ4n) is 12.9. The first-order chi connectivity index (χ1) is 53.3. The predicted octanol–water partition coefficient (Wildman–Crippen LogP) is 20.4. The molecule has 16 nitrogen and oxygen atoms in total. The van der Waals surface area contributed by atoms with E-state index in [0.29, 0.717) is 198 Å². The van der Waals surface area contributed by atoms with Gasteiger partial charge in [0.1, 0.15) is 22.6 Å². The van der Waals surface area contributed by atoms with Crippen molar-refractivity contribution < 1.29 is 75.9 Å². The number of rotatable bonds is 38. The van der Waals surface area contributed by atoms with E-state index >= 15 is 0 Å². The first-order valence-electron chi connectivity index (χ1n) is 36.7. The average molecular weight is 1450 g/mol. The van der Waals surface area contributed by atoms with Gasteiger partial charge >= 0.3 is 11.9 Å². The minimum Gasteiger partial charge on any atom is -0.493 e. The lowest BCUT2D eigenvalue weighted by Crippen LogP contribution is -2.10. The topological polar surface area (TPSA) is 163 Å². The van der Waals surface area contributed by atoms with Crippen LogP contribution in [0.1, 0.15) is 59.2 Å². The van der Waals surface area contributed by atoms with Crippen LogP contribution in [0, 0.1) is 0 Å². The molecule has 0 N–H and O–H groups in total. The molecule has 0 atom stereocenters. The molecule has 0 aliphatic heterocycles. The Labute approximate surface area is 626 Å². The highest BCUT2D eigenvalue weighted by molar-refractivity contribution is 6.00. The molecule has 0 fully saturated rings. The summed E-state index contributed by atoms with van der Waals surface area (Å²) in [5, 5.41) is 14.1. The second-order valence-electron chi connectivity index (χ2n) is 25.9. The molecule has 548 valence electrons. The summed E-state index contributed by atoms with van der Waals surface area (Å²) in [7, 11) is 2.73. The number of carbonyl (C=O) groups excluding carboxylic acids is 2. The average Bonchev–Trinajstić information content (AvgIpc) is 1.04. The summed E-state index contributed by atoms with van der Waals surface area (Å²) in [6.45, 7) is 4.36. The maximum Gasteiger partial charge on any atom is 0.341 e. The van der Waals surface area contributed by atoms with Gasteiger partial charge in [-0.3, -0.25) is 0 Å². The SMILES string of the molecule is COC(=O)c1cc2ccccc2cc1OCCCOc1cc2ccccc2cc1OCCCOc1cc2ccccc2cc1OCCCOc1cc2ccccc2cc1OCCCOc1cc2ccccc2cc1OCCCOc1cc2ccccc2cc1OCCCOc1cc2ccccc2cc1C(=O)OC. The van der Waals surface area contributed by atoms with Crippen molar-refractivity contribution >= 4 is 87.3 Å². The van der Waals surface area contributed by atoms with Gasteiger partial charge in [0.25, 0.3) is 0 Å². The molecule has 108 heavy (non-hydrogen) atoms. The third kappa shape index (κ3) is 18.4. The fourth-order valence-corrected chi connectivity index (χ4v) is 12.9. The summed E-state index contributed by atoms with van der Waals surface area (Å²) in [5.74, 6) is 6.38. The van der Waals surface area contributed by atoms with Crippen LogP contribution >= 0.6 is 0 Å². The Bertz CT molecular complexity index is 5110. The highest BCUT2D eigenvalue weighted by atomic mass is 16.6. The second kappa shape index (κ2) is 36.0. The van der Waals surface area contributed by atoms with Gasteiger partial charge in [-0.1, -0.05) is 170 Å². The van der Waals surface area contributed by atoms with Gasteiger partial charge in [0.05, 0.1) is 93.5 Å². The molecule has 0 aliphatic carbocycles. The van der Waals surface area contributed by atoms with E-state index in [9.17, 15) is 9.59 Å². The van der Waals surface area contributed by atoms with Crippen LogP contribution in [0.4, 0.5) is 0 Å². The number of methoxy groups -OCH3 is 2. The fraction of sp³-hybridized carbons (Fsp3) is 0.217. The van der Waals surface area contributed by atoms with Crippen molar-refractivity contribution in [2.45, 2.75) is 38.5 Å². The maximum absolute atomic E-state index is 12.7. The minimum absolute atomic E-state index is 0.322. The third-order valence-electron chi connectivity index (χ3n) is 18.4. The van der Waals surface area contributed by atoms with Crippen LogP contribution in [0.25, 0.3) is 75.4 Å². The Hall–Kier alpha value is -12.6. The van der Waals surface area contributed by atoms with Gasteiger partial charge in [0.15, 0.2) is 57.5 Å². The van der Waals surface area contributed by atoms with E-state index < -0.39 is 11.9 Å².